The number of hydrogen-bond acceptors (Lipinski definition) is 7. The van der Waals surface area contributed by atoms with Gasteiger partial charge in [0, 0.05) is 44.4 Å². The molecule has 0 atom stereocenters. The average Bonchev–Trinajstić information content (AvgIpc) is 3.22. The van der Waals surface area contributed by atoms with Crippen LogP contribution in [-0.2, 0) is 9.53 Å². The zero-order valence-electron chi connectivity index (χ0n) is 16.0. The highest BCUT2D eigenvalue weighted by atomic mass is 16.5. The van der Waals surface area contributed by atoms with Crippen molar-refractivity contribution in [2.75, 3.05) is 44.2 Å². The van der Waals surface area contributed by atoms with Gasteiger partial charge in [-0.1, -0.05) is 30.3 Å². The Morgan fingerprint density at radius 1 is 1.14 bits per heavy atom. The van der Waals surface area contributed by atoms with Crippen molar-refractivity contribution in [3.8, 4) is 11.3 Å². The van der Waals surface area contributed by atoms with Crippen LogP contribution in [-0.4, -0.2) is 69.8 Å². The van der Waals surface area contributed by atoms with E-state index in [1.165, 1.54) is 6.33 Å². The van der Waals surface area contributed by atoms with Crippen LogP contribution in [0, 0.1) is 0 Å². The van der Waals surface area contributed by atoms with Crippen LogP contribution in [0.3, 0.4) is 0 Å². The lowest BCUT2D eigenvalue weighted by atomic mass is 10.1. The highest BCUT2D eigenvalue weighted by molar-refractivity contribution is 5.69. The summed E-state index contributed by atoms with van der Waals surface area (Å²) in [6.45, 7) is 6.49. The van der Waals surface area contributed by atoms with Gasteiger partial charge in [-0.2, -0.15) is 14.6 Å². The number of benzene rings is 1. The molecule has 0 N–H and O–H groups in total. The van der Waals surface area contributed by atoms with E-state index in [0.717, 1.165) is 49.8 Å². The van der Waals surface area contributed by atoms with Crippen molar-refractivity contribution >= 4 is 17.6 Å². The molecule has 2 aromatic heterocycles. The van der Waals surface area contributed by atoms with E-state index in [2.05, 4.69) is 30.9 Å². The van der Waals surface area contributed by atoms with Gasteiger partial charge in [0.2, 0.25) is 0 Å². The Morgan fingerprint density at radius 2 is 1.93 bits per heavy atom. The van der Waals surface area contributed by atoms with Gasteiger partial charge in [0.05, 0.1) is 18.7 Å². The minimum atomic E-state index is -0.129. The first-order valence-electron chi connectivity index (χ1n) is 9.63. The Balaban J connectivity index is 1.49. The lowest BCUT2D eigenvalue weighted by Crippen LogP contribution is -2.47. The van der Waals surface area contributed by atoms with Crippen molar-refractivity contribution in [2.24, 2.45) is 0 Å². The predicted octanol–water partition coefficient (Wildman–Crippen LogP) is 1.87. The van der Waals surface area contributed by atoms with Crippen molar-refractivity contribution < 1.29 is 9.53 Å². The minimum Gasteiger partial charge on any atom is -0.466 e. The first-order chi connectivity index (χ1) is 13.7. The number of rotatable bonds is 6. The highest BCUT2D eigenvalue weighted by Crippen LogP contribution is 2.24. The van der Waals surface area contributed by atoms with Gasteiger partial charge in [-0.3, -0.25) is 9.69 Å². The molecule has 0 spiro atoms. The molecular weight excluding hydrogens is 356 g/mol. The van der Waals surface area contributed by atoms with Gasteiger partial charge in [0.1, 0.15) is 12.1 Å². The largest absolute Gasteiger partial charge is 0.466 e. The third kappa shape index (κ3) is 3.96. The molecule has 0 amide bonds. The normalized spacial score (nSPS) is 15.1. The summed E-state index contributed by atoms with van der Waals surface area (Å²) in [5.74, 6) is 1.46. The van der Waals surface area contributed by atoms with Crippen LogP contribution in [0.15, 0.2) is 42.7 Å². The number of hydrogen-bond donors (Lipinski definition) is 0. The second kappa shape index (κ2) is 8.35. The van der Waals surface area contributed by atoms with E-state index in [4.69, 9.17) is 4.74 Å². The minimum absolute atomic E-state index is 0.129. The number of esters is 1. The van der Waals surface area contributed by atoms with E-state index in [0.29, 0.717) is 18.8 Å². The zero-order valence-corrected chi connectivity index (χ0v) is 16.0. The number of carbonyl (C=O) groups is 1. The number of nitrogens with zero attached hydrogens (tertiary/aromatic N) is 6. The molecule has 0 radical (unpaired) electrons. The maximum Gasteiger partial charge on any atom is 0.307 e. The Hall–Kier alpha value is -3.00. The Morgan fingerprint density at radius 3 is 2.68 bits per heavy atom. The van der Waals surface area contributed by atoms with E-state index in [-0.39, 0.29) is 5.97 Å². The van der Waals surface area contributed by atoms with Crippen molar-refractivity contribution in [1.29, 1.82) is 0 Å². The second-order valence-corrected chi connectivity index (χ2v) is 6.72. The molecule has 3 heterocycles. The highest BCUT2D eigenvalue weighted by Gasteiger charge is 2.21. The van der Waals surface area contributed by atoms with Gasteiger partial charge in [-0.25, -0.2) is 4.98 Å². The van der Waals surface area contributed by atoms with E-state index >= 15 is 0 Å². The molecule has 0 unspecified atom stereocenters. The van der Waals surface area contributed by atoms with Gasteiger partial charge >= 0.3 is 5.97 Å². The molecule has 1 aromatic carbocycles. The van der Waals surface area contributed by atoms with Crippen molar-refractivity contribution in [1.82, 2.24) is 24.5 Å². The monoisotopic (exact) mass is 380 g/mol. The van der Waals surface area contributed by atoms with Gasteiger partial charge < -0.3 is 9.64 Å². The third-order valence-corrected chi connectivity index (χ3v) is 4.94. The summed E-state index contributed by atoms with van der Waals surface area (Å²) in [6.07, 6.45) is 1.98. The van der Waals surface area contributed by atoms with Crippen LogP contribution in [0.2, 0.25) is 0 Å². The topological polar surface area (TPSA) is 75.9 Å². The maximum absolute atomic E-state index is 11.6. The molecule has 28 heavy (non-hydrogen) atoms. The molecule has 4 rings (SSSR count). The SMILES string of the molecule is CCOC(=O)CCN1CCN(c2cc(-c3ccccc3)nc3ncnn23)CC1. The van der Waals surface area contributed by atoms with Crippen LogP contribution in [0.5, 0.6) is 0 Å². The van der Waals surface area contributed by atoms with Crippen LogP contribution in [0.1, 0.15) is 13.3 Å². The lowest BCUT2D eigenvalue weighted by Gasteiger charge is -2.35. The standard InChI is InChI=1S/C20H24N6O2/c1-2-28-19(27)8-9-24-10-12-25(13-11-24)18-14-17(16-6-4-3-5-7-16)23-20-21-15-22-26(18)20/h3-7,14-15H,2,8-13H2,1H3. The van der Waals surface area contributed by atoms with Crippen LogP contribution < -0.4 is 4.90 Å². The molecular formula is C20H24N6O2. The zero-order chi connectivity index (χ0) is 19.3. The van der Waals surface area contributed by atoms with Crippen molar-refractivity contribution in [3.05, 3.63) is 42.7 Å². The summed E-state index contributed by atoms with van der Waals surface area (Å²) < 4.78 is 6.81. The smallest absolute Gasteiger partial charge is 0.307 e. The molecule has 1 aliphatic heterocycles. The fourth-order valence-corrected chi connectivity index (χ4v) is 3.46. The van der Waals surface area contributed by atoms with Crippen LogP contribution in [0.25, 0.3) is 17.0 Å². The summed E-state index contributed by atoms with van der Waals surface area (Å²) in [6, 6.07) is 12.2. The van der Waals surface area contributed by atoms with E-state index in [9.17, 15) is 4.79 Å². The molecule has 3 aromatic rings. The summed E-state index contributed by atoms with van der Waals surface area (Å²) in [7, 11) is 0. The lowest BCUT2D eigenvalue weighted by molar-refractivity contribution is -0.143. The van der Waals surface area contributed by atoms with Crippen LogP contribution in [0.4, 0.5) is 5.82 Å². The number of aromatic nitrogens is 4. The van der Waals surface area contributed by atoms with Gasteiger partial charge in [-0.05, 0) is 6.92 Å². The predicted molar refractivity (Wildman–Crippen MR) is 106 cm³/mol. The number of carbonyl (C=O) groups excluding carboxylic acids is 1. The first-order valence-corrected chi connectivity index (χ1v) is 9.63. The second-order valence-electron chi connectivity index (χ2n) is 6.72. The fourth-order valence-electron chi connectivity index (χ4n) is 3.46. The molecule has 0 aliphatic carbocycles. The van der Waals surface area contributed by atoms with Gasteiger partial charge in [-0.15, -0.1) is 0 Å². The molecule has 0 bridgehead atoms. The molecule has 146 valence electrons. The fraction of sp³-hybridized carbons (Fsp3) is 0.400. The molecule has 8 nitrogen and oxygen atoms in total. The van der Waals surface area contributed by atoms with Crippen LogP contribution >= 0.6 is 0 Å². The Kier molecular flexibility index (Phi) is 5.48. The molecule has 1 saturated heterocycles. The van der Waals surface area contributed by atoms with Gasteiger partial charge in [0.25, 0.3) is 5.78 Å². The summed E-state index contributed by atoms with van der Waals surface area (Å²) in [5.41, 5.74) is 1.95. The van der Waals surface area contributed by atoms with Gasteiger partial charge in [0.15, 0.2) is 0 Å². The summed E-state index contributed by atoms with van der Waals surface area (Å²) >= 11 is 0. The quantitative estimate of drug-likeness (QED) is 0.604. The number of ether oxygens (including phenoxy) is 1. The average molecular weight is 380 g/mol. The number of anilines is 1. The van der Waals surface area contributed by atoms with E-state index in [1.54, 1.807) is 4.52 Å². The maximum atomic E-state index is 11.6. The molecule has 8 heteroatoms. The molecule has 1 fully saturated rings. The van der Waals surface area contributed by atoms with E-state index in [1.807, 2.05) is 37.3 Å². The Labute approximate surface area is 163 Å². The molecule has 1 aliphatic rings. The van der Waals surface area contributed by atoms with Crippen molar-refractivity contribution in [3.63, 3.8) is 0 Å². The summed E-state index contributed by atoms with van der Waals surface area (Å²) in [5, 5.41) is 4.35. The molecule has 0 saturated carbocycles. The number of piperazine rings is 1. The number of fused-ring (bicyclic) bond motifs is 1. The Bertz CT molecular complexity index is 934. The third-order valence-electron chi connectivity index (χ3n) is 4.94. The van der Waals surface area contributed by atoms with E-state index < -0.39 is 0 Å². The van der Waals surface area contributed by atoms with Crippen molar-refractivity contribution in [2.45, 2.75) is 13.3 Å². The first kappa shape index (κ1) is 18.4. The summed E-state index contributed by atoms with van der Waals surface area (Å²) in [4.78, 5) is 25.1.